The molecule has 0 unspecified atom stereocenters. The maximum Gasteiger partial charge on any atom is 0.261 e. The van der Waals surface area contributed by atoms with Crippen LogP contribution < -0.4 is 15.0 Å². The van der Waals surface area contributed by atoms with Crippen molar-refractivity contribution in [1.29, 1.82) is 0 Å². The van der Waals surface area contributed by atoms with Crippen LogP contribution in [0.2, 0.25) is 0 Å². The number of nitrogens with one attached hydrogen (secondary N) is 1. The van der Waals surface area contributed by atoms with E-state index in [0.29, 0.717) is 5.92 Å². The van der Waals surface area contributed by atoms with Gasteiger partial charge in [0.1, 0.15) is 5.75 Å². The minimum Gasteiger partial charge on any atom is -0.481 e. The van der Waals surface area contributed by atoms with Gasteiger partial charge < -0.3 is 15.0 Å². The number of anilines is 1. The molecule has 0 bridgehead atoms. The first kappa shape index (κ1) is 23.2. The number of nitrogens with zero attached hydrogens (tertiary/aromatic N) is 1. The van der Waals surface area contributed by atoms with E-state index in [9.17, 15) is 4.79 Å². The van der Waals surface area contributed by atoms with Gasteiger partial charge in [-0.15, -0.1) is 0 Å². The van der Waals surface area contributed by atoms with Crippen molar-refractivity contribution in [2.45, 2.75) is 72.4 Å². The second-order valence-corrected chi connectivity index (χ2v) is 9.45. The molecule has 0 aliphatic carbocycles. The van der Waals surface area contributed by atoms with Gasteiger partial charge >= 0.3 is 0 Å². The third-order valence-corrected chi connectivity index (χ3v) is 6.36. The van der Waals surface area contributed by atoms with Gasteiger partial charge in [0.2, 0.25) is 0 Å². The van der Waals surface area contributed by atoms with Crippen LogP contribution in [0.4, 0.5) is 5.69 Å². The zero-order valence-electron chi connectivity index (χ0n) is 19.9. The Labute approximate surface area is 188 Å². The monoisotopic (exact) mass is 422 g/mol. The minimum absolute atomic E-state index is 0.0731. The van der Waals surface area contributed by atoms with Crippen LogP contribution in [0.1, 0.15) is 76.1 Å². The molecule has 2 aromatic carbocycles. The van der Waals surface area contributed by atoms with Gasteiger partial charge in [0.25, 0.3) is 5.91 Å². The summed E-state index contributed by atoms with van der Waals surface area (Å²) in [6.45, 7) is 14.7. The maximum absolute atomic E-state index is 12.8. The van der Waals surface area contributed by atoms with Crippen LogP contribution in [0.5, 0.6) is 5.75 Å². The van der Waals surface area contributed by atoms with Crippen LogP contribution in [0, 0.1) is 12.8 Å². The predicted octanol–water partition coefficient (Wildman–Crippen LogP) is 6.00. The average molecular weight is 423 g/mol. The number of amides is 1. The molecular formula is C27H38N2O2. The Balaban J connectivity index is 1.59. The van der Waals surface area contributed by atoms with E-state index in [1.165, 1.54) is 18.5 Å². The van der Waals surface area contributed by atoms with E-state index in [-0.39, 0.29) is 11.9 Å². The molecule has 1 N–H and O–H groups in total. The van der Waals surface area contributed by atoms with Crippen molar-refractivity contribution in [3.05, 3.63) is 59.2 Å². The molecule has 1 aliphatic heterocycles. The van der Waals surface area contributed by atoms with Crippen LogP contribution >= 0.6 is 0 Å². The Bertz CT molecular complexity index is 867. The summed E-state index contributed by atoms with van der Waals surface area (Å²) in [6.07, 6.45) is 1.95. The van der Waals surface area contributed by atoms with E-state index in [4.69, 9.17) is 4.74 Å². The van der Waals surface area contributed by atoms with Gasteiger partial charge in [-0.25, -0.2) is 0 Å². The number of carbonyl (C=O) groups excluding carboxylic acids is 1. The number of benzene rings is 2. The quantitative estimate of drug-likeness (QED) is 0.595. The van der Waals surface area contributed by atoms with Crippen LogP contribution in [0.3, 0.4) is 0 Å². The first-order valence-electron chi connectivity index (χ1n) is 11.7. The third-order valence-electron chi connectivity index (χ3n) is 6.36. The highest BCUT2D eigenvalue weighted by Crippen LogP contribution is 2.29. The van der Waals surface area contributed by atoms with Gasteiger partial charge in [-0.2, -0.15) is 0 Å². The smallest absolute Gasteiger partial charge is 0.261 e. The number of aryl methyl sites for hydroxylation is 1. The average Bonchev–Trinajstić information content (AvgIpc) is 2.74. The standard InChI is InChI=1S/C27H38N2O2/c1-18(2)25-12-7-20(4)17-26(25)31-22(6)27(30)28-21(5)23-8-10-24(11-9-23)29-15-13-19(3)14-16-29/h7-12,17-19,21-22H,13-16H2,1-6H3,(H,28,30)/t21-,22+/m0/s1. The maximum atomic E-state index is 12.8. The fourth-order valence-corrected chi connectivity index (χ4v) is 4.12. The van der Waals surface area contributed by atoms with Gasteiger partial charge in [0, 0.05) is 18.8 Å². The summed E-state index contributed by atoms with van der Waals surface area (Å²) in [5.41, 5.74) is 4.63. The SMILES string of the molecule is Cc1ccc(C(C)C)c(O[C@H](C)C(=O)N[C@@H](C)c2ccc(N3CCC(C)CC3)cc2)c1. The molecule has 1 amide bonds. The van der Waals surface area contributed by atoms with E-state index in [0.717, 1.165) is 41.4 Å². The lowest BCUT2D eigenvalue weighted by molar-refractivity contribution is -0.127. The third kappa shape index (κ3) is 6.03. The fraction of sp³-hybridized carbons (Fsp3) is 0.519. The molecule has 4 heteroatoms. The van der Waals surface area contributed by atoms with Gasteiger partial charge in [-0.05, 0) is 80.3 Å². The molecule has 0 aromatic heterocycles. The molecule has 31 heavy (non-hydrogen) atoms. The highest BCUT2D eigenvalue weighted by atomic mass is 16.5. The van der Waals surface area contributed by atoms with Gasteiger partial charge in [-0.1, -0.05) is 45.0 Å². The number of carbonyl (C=O) groups is 1. The van der Waals surface area contributed by atoms with E-state index >= 15 is 0 Å². The van der Waals surface area contributed by atoms with Crippen molar-refractivity contribution in [3.8, 4) is 5.75 Å². The van der Waals surface area contributed by atoms with E-state index < -0.39 is 6.10 Å². The Morgan fingerprint density at radius 2 is 1.68 bits per heavy atom. The number of rotatable bonds is 7. The highest BCUT2D eigenvalue weighted by molar-refractivity contribution is 5.81. The molecule has 0 saturated carbocycles. The van der Waals surface area contributed by atoms with E-state index in [1.807, 2.05) is 26.8 Å². The van der Waals surface area contributed by atoms with E-state index in [1.54, 1.807) is 0 Å². The Kier molecular flexibility index (Phi) is 7.64. The molecular weight excluding hydrogens is 384 g/mol. The largest absolute Gasteiger partial charge is 0.481 e. The molecule has 168 valence electrons. The zero-order valence-corrected chi connectivity index (χ0v) is 19.9. The lowest BCUT2D eigenvalue weighted by atomic mass is 9.98. The number of piperidine rings is 1. The Morgan fingerprint density at radius 3 is 2.29 bits per heavy atom. The van der Waals surface area contributed by atoms with Gasteiger partial charge in [0.15, 0.2) is 6.10 Å². The predicted molar refractivity (Wildman–Crippen MR) is 129 cm³/mol. The second-order valence-electron chi connectivity index (χ2n) is 9.45. The summed E-state index contributed by atoms with van der Waals surface area (Å²) in [7, 11) is 0. The number of hydrogen-bond donors (Lipinski definition) is 1. The van der Waals surface area contributed by atoms with Gasteiger partial charge in [-0.3, -0.25) is 4.79 Å². The van der Waals surface area contributed by atoms with Crippen molar-refractivity contribution in [2.75, 3.05) is 18.0 Å². The summed E-state index contributed by atoms with van der Waals surface area (Å²) in [6, 6.07) is 14.7. The summed E-state index contributed by atoms with van der Waals surface area (Å²) >= 11 is 0. The zero-order chi connectivity index (χ0) is 22.5. The normalized spacial score (nSPS) is 16.8. The summed E-state index contributed by atoms with van der Waals surface area (Å²) in [4.78, 5) is 15.3. The fourth-order valence-electron chi connectivity index (χ4n) is 4.12. The Hall–Kier alpha value is -2.49. The number of hydrogen-bond acceptors (Lipinski definition) is 3. The van der Waals surface area contributed by atoms with Crippen molar-refractivity contribution < 1.29 is 9.53 Å². The molecule has 4 nitrogen and oxygen atoms in total. The van der Waals surface area contributed by atoms with Crippen LogP contribution in [0.15, 0.2) is 42.5 Å². The molecule has 1 heterocycles. The molecule has 2 atom stereocenters. The van der Waals surface area contributed by atoms with Crippen molar-refractivity contribution in [1.82, 2.24) is 5.32 Å². The van der Waals surface area contributed by atoms with Gasteiger partial charge in [0.05, 0.1) is 6.04 Å². The van der Waals surface area contributed by atoms with Crippen molar-refractivity contribution in [3.63, 3.8) is 0 Å². The second kappa shape index (κ2) is 10.2. The molecule has 3 rings (SSSR count). The topological polar surface area (TPSA) is 41.6 Å². The highest BCUT2D eigenvalue weighted by Gasteiger charge is 2.20. The Morgan fingerprint density at radius 1 is 1.03 bits per heavy atom. The first-order valence-corrected chi connectivity index (χ1v) is 11.7. The minimum atomic E-state index is -0.559. The number of ether oxygens (including phenoxy) is 1. The summed E-state index contributed by atoms with van der Waals surface area (Å²) < 4.78 is 6.07. The molecule has 0 radical (unpaired) electrons. The first-order chi connectivity index (χ1) is 14.7. The molecule has 1 fully saturated rings. The van der Waals surface area contributed by atoms with E-state index in [2.05, 4.69) is 67.4 Å². The lowest BCUT2D eigenvalue weighted by Crippen LogP contribution is -2.38. The van der Waals surface area contributed by atoms with Crippen LogP contribution in [0.25, 0.3) is 0 Å². The lowest BCUT2D eigenvalue weighted by Gasteiger charge is -2.32. The molecule has 1 saturated heterocycles. The molecule has 0 spiro atoms. The summed E-state index contributed by atoms with van der Waals surface area (Å²) in [5.74, 6) is 1.86. The molecule has 1 aliphatic rings. The van der Waals surface area contributed by atoms with Crippen molar-refractivity contribution in [2.24, 2.45) is 5.92 Å². The molecule has 2 aromatic rings. The summed E-state index contributed by atoms with van der Waals surface area (Å²) in [5, 5.41) is 3.11. The van der Waals surface area contributed by atoms with Crippen LogP contribution in [-0.2, 0) is 4.79 Å². The van der Waals surface area contributed by atoms with Crippen LogP contribution in [-0.4, -0.2) is 25.1 Å². The van der Waals surface area contributed by atoms with Crippen molar-refractivity contribution >= 4 is 11.6 Å².